The lowest BCUT2D eigenvalue weighted by Gasteiger charge is -2.21. The van der Waals surface area contributed by atoms with E-state index >= 15 is 0 Å². The van der Waals surface area contributed by atoms with E-state index in [1.807, 2.05) is 0 Å². The minimum Gasteiger partial charge on any atom is -0.296 e. The van der Waals surface area contributed by atoms with Gasteiger partial charge in [-0.25, -0.2) is 13.6 Å². The molecule has 102 valence electrons. The summed E-state index contributed by atoms with van der Waals surface area (Å²) >= 11 is 3.04. The van der Waals surface area contributed by atoms with E-state index in [1.165, 1.54) is 25.2 Å². The van der Waals surface area contributed by atoms with E-state index in [2.05, 4.69) is 20.9 Å². The van der Waals surface area contributed by atoms with Gasteiger partial charge in [0.1, 0.15) is 16.5 Å². The van der Waals surface area contributed by atoms with E-state index in [4.69, 9.17) is 0 Å². The molecule has 0 saturated heterocycles. The normalized spacial score (nSPS) is 22.4. The van der Waals surface area contributed by atoms with Gasteiger partial charge in [-0.3, -0.25) is 14.3 Å². The molecular formula is C12H11BrF2N2O2. The average molecular weight is 333 g/mol. The van der Waals surface area contributed by atoms with E-state index in [9.17, 15) is 18.4 Å². The smallest absolute Gasteiger partial charge is 0.296 e. The first-order valence-electron chi connectivity index (χ1n) is 5.59. The second-order valence-corrected chi connectivity index (χ2v) is 5.05. The molecule has 1 N–H and O–H groups in total. The minimum atomic E-state index is -1.50. The van der Waals surface area contributed by atoms with Gasteiger partial charge in [0.2, 0.25) is 0 Å². The highest BCUT2D eigenvalue weighted by Gasteiger charge is 2.27. The molecule has 0 aliphatic heterocycles. The second kappa shape index (κ2) is 5.24. The molecule has 0 fully saturated rings. The summed E-state index contributed by atoms with van der Waals surface area (Å²) < 4.78 is 28.6. The van der Waals surface area contributed by atoms with Crippen molar-refractivity contribution in [1.82, 2.24) is 9.55 Å². The summed E-state index contributed by atoms with van der Waals surface area (Å²) in [7, 11) is 0. The van der Waals surface area contributed by atoms with Crippen molar-refractivity contribution in [2.75, 3.05) is 0 Å². The Labute approximate surface area is 115 Å². The Morgan fingerprint density at radius 1 is 1.47 bits per heavy atom. The number of hydrogen-bond acceptors (Lipinski definition) is 2. The molecule has 1 aromatic rings. The van der Waals surface area contributed by atoms with Crippen molar-refractivity contribution in [1.29, 1.82) is 0 Å². The summed E-state index contributed by atoms with van der Waals surface area (Å²) in [5.74, 6) is -1.68. The first-order valence-corrected chi connectivity index (χ1v) is 6.38. The molecule has 0 bridgehead atoms. The van der Waals surface area contributed by atoms with Crippen LogP contribution in [0.2, 0.25) is 0 Å². The lowest BCUT2D eigenvalue weighted by atomic mass is 9.97. The summed E-state index contributed by atoms with van der Waals surface area (Å²) in [6.45, 7) is 1.36. The zero-order valence-corrected chi connectivity index (χ0v) is 11.6. The molecule has 0 radical (unpaired) electrons. The number of H-pyrrole nitrogens is 1. The van der Waals surface area contributed by atoms with E-state index in [0.29, 0.717) is 5.69 Å². The zero-order valence-electron chi connectivity index (χ0n) is 9.99. The van der Waals surface area contributed by atoms with Crippen LogP contribution in [0.25, 0.3) is 0 Å². The summed E-state index contributed by atoms with van der Waals surface area (Å²) in [6, 6.07) is 0. The van der Waals surface area contributed by atoms with E-state index < -0.39 is 29.2 Å². The van der Waals surface area contributed by atoms with Gasteiger partial charge >= 0.3 is 5.69 Å². The largest absolute Gasteiger partial charge is 0.328 e. The van der Waals surface area contributed by atoms with Crippen molar-refractivity contribution in [2.45, 2.75) is 19.6 Å². The molecule has 2 atom stereocenters. The molecule has 19 heavy (non-hydrogen) atoms. The topological polar surface area (TPSA) is 54.9 Å². The number of nitrogens with zero attached hydrogens (tertiary/aromatic N) is 1. The molecule has 7 heteroatoms. The fourth-order valence-electron chi connectivity index (χ4n) is 1.92. The SMILES string of the molecule is Cc1c(Br)c(=O)[nH]c(=O)n1CC1C(F)=CC=CC1F. The van der Waals surface area contributed by atoms with Crippen molar-refractivity contribution in [3.63, 3.8) is 0 Å². The monoisotopic (exact) mass is 332 g/mol. The molecule has 0 aromatic carbocycles. The standard InChI is InChI=1S/C12H11BrF2N2O2/c1-6-10(13)11(18)16-12(19)17(6)5-7-8(14)3-2-4-9(7)15/h2-4,7-8H,5H2,1H3,(H,16,18,19). The Balaban J connectivity index is 2.43. The Hall–Kier alpha value is -1.50. The zero-order chi connectivity index (χ0) is 14.2. The van der Waals surface area contributed by atoms with Crippen LogP contribution in [-0.4, -0.2) is 15.7 Å². The minimum absolute atomic E-state index is 0.173. The third-order valence-electron chi connectivity index (χ3n) is 3.06. The maximum absolute atomic E-state index is 13.7. The average Bonchev–Trinajstić information content (AvgIpc) is 2.35. The molecule has 4 nitrogen and oxygen atoms in total. The predicted octanol–water partition coefficient (Wildman–Crippen LogP) is 1.99. The molecule has 0 spiro atoms. The molecule has 1 aliphatic rings. The Kier molecular flexibility index (Phi) is 3.84. The number of allylic oxidation sites excluding steroid dienone is 4. The van der Waals surface area contributed by atoms with Crippen LogP contribution in [0.15, 0.2) is 38.1 Å². The van der Waals surface area contributed by atoms with Crippen molar-refractivity contribution in [3.05, 3.63) is 55.1 Å². The quantitative estimate of drug-likeness (QED) is 0.900. The van der Waals surface area contributed by atoms with Gasteiger partial charge in [0.15, 0.2) is 0 Å². The van der Waals surface area contributed by atoms with E-state index in [1.54, 1.807) is 0 Å². The number of alkyl halides is 1. The highest BCUT2D eigenvalue weighted by atomic mass is 79.9. The third kappa shape index (κ3) is 2.60. The first-order chi connectivity index (χ1) is 8.91. The fourth-order valence-corrected chi connectivity index (χ4v) is 2.24. The number of aromatic nitrogens is 2. The van der Waals surface area contributed by atoms with Gasteiger partial charge in [-0.05, 0) is 35.0 Å². The highest BCUT2D eigenvalue weighted by Crippen LogP contribution is 2.26. The van der Waals surface area contributed by atoms with Gasteiger partial charge in [0, 0.05) is 12.2 Å². The van der Waals surface area contributed by atoms with Crippen LogP contribution in [0.5, 0.6) is 0 Å². The first kappa shape index (κ1) is 13.9. The maximum Gasteiger partial charge on any atom is 0.328 e. The van der Waals surface area contributed by atoms with E-state index in [-0.39, 0.29) is 11.0 Å². The van der Waals surface area contributed by atoms with Crippen LogP contribution in [0.3, 0.4) is 0 Å². The summed E-state index contributed by atoms with van der Waals surface area (Å²) in [5.41, 5.74) is -0.904. The Bertz CT molecular complexity index is 675. The number of hydrogen-bond donors (Lipinski definition) is 1. The Morgan fingerprint density at radius 3 is 2.79 bits per heavy atom. The van der Waals surface area contributed by atoms with Crippen molar-refractivity contribution < 1.29 is 8.78 Å². The molecule has 1 aliphatic carbocycles. The second-order valence-electron chi connectivity index (χ2n) is 4.26. The van der Waals surface area contributed by atoms with Crippen LogP contribution in [0.4, 0.5) is 8.78 Å². The van der Waals surface area contributed by atoms with Crippen LogP contribution in [0, 0.1) is 12.8 Å². The number of aromatic amines is 1. The van der Waals surface area contributed by atoms with Gasteiger partial charge in [0.05, 0.1) is 5.92 Å². The Morgan fingerprint density at radius 2 is 2.16 bits per heavy atom. The lowest BCUT2D eigenvalue weighted by molar-refractivity contribution is 0.247. The molecular weight excluding hydrogens is 322 g/mol. The van der Waals surface area contributed by atoms with Crippen molar-refractivity contribution in [2.24, 2.45) is 5.92 Å². The van der Waals surface area contributed by atoms with Crippen LogP contribution >= 0.6 is 15.9 Å². The molecule has 2 rings (SSSR count). The van der Waals surface area contributed by atoms with Crippen molar-refractivity contribution in [3.8, 4) is 0 Å². The lowest BCUT2D eigenvalue weighted by Crippen LogP contribution is -2.36. The molecule has 2 unspecified atom stereocenters. The number of halogens is 3. The summed E-state index contributed by atoms with van der Waals surface area (Å²) in [6.07, 6.45) is 2.20. The summed E-state index contributed by atoms with van der Waals surface area (Å²) in [4.78, 5) is 25.1. The van der Waals surface area contributed by atoms with Gasteiger partial charge < -0.3 is 0 Å². The highest BCUT2D eigenvalue weighted by molar-refractivity contribution is 9.10. The predicted molar refractivity (Wildman–Crippen MR) is 70.5 cm³/mol. The van der Waals surface area contributed by atoms with Gasteiger partial charge in [-0.1, -0.05) is 6.08 Å². The molecule has 1 heterocycles. The fraction of sp³-hybridized carbons (Fsp3) is 0.333. The molecule has 0 amide bonds. The van der Waals surface area contributed by atoms with Crippen LogP contribution in [-0.2, 0) is 6.54 Å². The number of rotatable bonds is 2. The molecule has 1 aromatic heterocycles. The van der Waals surface area contributed by atoms with Gasteiger partial charge in [0.25, 0.3) is 5.56 Å². The molecule has 0 saturated carbocycles. The summed E-state index contributed by atoms with van der Waals surface area (Å²) in [5, 5.41) is 0. The number of nitrogens with one attached hydrogen (secondary N) is 1. The van der Waals surface area contributed by atoms with Crippen LogP contribution in [0.1, 0.15) is 5.69 Å². The maximum atomic E-state index is 13.7. The third-order valence-corrected chi connectivity index (χ3v) is 3.99. The van der Waals surface area contributed by atoms with Crippen LogP contribution < -0.4 is 11.2 Å². The van der Waals surface area contributed by atoms with E-state index in [0.717, 1.165) is 4.57 Å². The van der Waals surface area contributed by atoms with Gasteiger partial charge in [-0.2, -0.15) is 0 Å². The van der Waals surface area contributed by atoms with Gasteiger partial charge in [-0.15, -0.1) is 0 Å². The van der Waals surface area contributed by atoms with Crippen molar-refractivity contribution >= 4 is 15.9 Å².